The summed E-state index contributed by atoms with van der Waals surface area (Å²) >= 11 is 0. The number of carbonyl (C=O) groups excluding carboxylic acids is 1. The van der Waals surface area contributed by atoms with E-state index in [1.54, 1.807) is 0 Å². The van der Waals surface area contributed by atoms with Crippen LogP contribution in [0.1, 0.15) is 78.6 Å². The third-order valence-electron chi connectivity index (χ3n) is 9.80. The molecule has 5 nitrogen and oxygen atoms in total. The van der Waals surface area contributed by atoms with Crippen molar-refractivity contribution in [3.05, 3.63) is 0 Å². The van der Waals surface area contributed by atoms with Gasteiger partial charge in [0.1, 0.15) is 12.9 Å². The van der Waals surface area contributed by atoms with Crippen LogP contribution in [0.2, 0.25) is 0 Å². The van der Waals surface area contributed by atoms with Gasteiger partial charge < -0.3 is 5.73 Å². The molecule has 9 unspecified atom stereocenters. The van der Waals surface area contributed by atoms with Gasteiger partial charge in [-0.05, 0) is 91.8 Å². The van der Waals surface area contributed by atoms with E-state index >= 15 is 0 Å². The maximum atomic E-state index is 13.2. The molecule has 0 amide bonds. The fourth-order valence-electron chi connectivity index (χ4n) is 8.69. The Morgan fingerprint density at radius 1 is 1.14 bits per heavy atom. The molecule has 4 saturated carbocycles. The van der Waals surface area contributed by atoms with Crippen LogP contribution < -0.4 is 11.6 Å². The number of carbonyl (C=O) groups is 1. The molecule has 5 heteroatoms. The van der Waals surface area contributed by atoms with Gasteiger partial charge in [0.25, 0.3) is 0 Å². The van der Waals surface area contributed by atoms with Crippen LogP contribution in [0.15, 0.2) is 5.10 Å². The standard InChI is InChI=1S/C24H42N4O/c1-4-16-12-21(22(29)13-28(26)27-14-25)24(3)10-9-19-18-7-5-15(2)11-17(18)6-8-20(19)23(16)24/h14-21,23H,4-13,26H2,1-3H3,(H2,25,27). The molecule has 164 valence electrons. The number of hydrogen-bond donors (Lipinski definition) is 2. The molecule has 9 atom stereocenters. The van der Waals surface area contributed by atoms with E-state index in [1.165, 1.54) is 56.5 Å². The number of hydrogen-bond acceptors (Lipinski definition) is 4. The molecule has 4 N–H and O–H groups in total. The molecular formula is C24H42N4O. The van der Waals surface area contributed by atoms with Crippen molar-refractivity contribution in [2.75, 3.05) is 6.54 Å². The Morgan fingerprint density at radius 2 is 1.90 bits per heavy atom. The predicted molar refractivity (Wildman–Crippen MR) is 118 cm³/mol. The van der Waals surface area contributed by atoms with Crippen molar-refractivity contribution in [3.8, 4) is 0 Å². The monoisotopic (exact) mass is 402 g/mol. The Morgan fingerprint density at radius 3 is 2.62 bits per heavy atom. The van der Waals surface area contributed by atoms with Crippen LogP contribution in [0.4, 0.5) is 0 Å². The van der Waals surface area contributed by atoms with Crippen LogP contribution in [0.5, 0.6) is 0 Å². The normalized spacial score (nSPS) is 46.8. The van der Waals surface area contributed by atoms with Crippen molar-refractivity contribution in [1.82, 2.24) is 5.12 Å². The average Bonchev–Trinajstić information content (AvgIpc) is 3.00. The van der Waals surface area contributed by atoms with Crippen LogP contribution in [-0.4, -0.2) is 23.8 Å². The molecule has 0 aromatic carbocycles. The van der Waals surface area contributed by atoms with Gasteiger partial charge in [-0.1, -0.05) is 33.6 Å². The number of nitrogens with zero attached hydrogens (tertiary/aromatic N) is 2. The summed E-state index contributed by atoms with van der Waals surface area (Å²) < 4.78 is 0. The molecule has 0 aromatic rings. The Balaban J connectivity index is 1.55. The van der Waals surface area contributed by atoms with Crippen LogP contribution in [0.25, 0.3) is 0 Å². The first-order valence-electron chi connectivity index (χ1n) is 12.2. The first-order valence-corrected chi connectivity index (χ1v) is 12.2. The minimum absolute atomic E-state index is 0.126. The fraction of sp³-hybridized carbons (Fsp3) is 0.917. The van der Waals surface area contributed by atoms with Gasteiger partial charge in [-0.2, -0.15) is 5.10 Å². The molecule has 29 heavy (non-hydrogen) atoms. The second-order valence-corrected chi connectivity index (χ2v) is 11.1. The summed E-state index contributed by atoms with van der Waals surface area (Å²) in [5.41, 5.74) is 5.48. The maximum Gasteiger partial charge on any atom is 0.159 e. The Bertz CT molecular complexity index is 636. The quantitative estimate of drug-likeness (QED) is 0.313. The van der Waals surface area contributed by atoms with Crippen molar-refractivity contribution in [1.29, 1.82) is 0 Å². The third-order valence-corrected chi connectivity index (χ3v) is 9.80. The first-order chi connectivity index (χ1) is 13.9. The zero-order valence-corrected chi connectivity index (χ0v) is 18.7. The fourth-order valence-corrected chi connectivity index (χ4v) is 8.69. The number of ketones is 1. The topological polar surface area (TPSA) is 84.7 Å². The molecule has 0 aliphatic heterocycles. The van der Waals surface area contributed by atoms with E-state index in [0.717, 1.165) is 42.3 Å². The van der Waals surface area contributed by atoms with Crippen LogP contribution in [-0.2, 0) is 4.79 Å². The largest absolute Gasteiger partial charge is 0.388 e. The number of hydrazone groups is 1. The van der Waals surface area contributed by atoms with Gasteiger partial charge in [-0.15, -0.1) is 0 Å². The number of rotatable bonds is 5. The van der Waals surface area contributed by atoms with Gasteiger partial charge in [0.2, 0.25) is 0 Å². The Hall–Kier alpha value is -1.10. The summed E-state index contributed by atoms with van der Waals surface area (Å²) in [6.45, 7) is 7.40. The van der Waals surface area contributed by atoms with E-state index in [9.17, 15) is 4.79 Å². The highest BCUT2D eigenvalue weighted by Gasteiger charge is 2.61. The van der Waals surface area contributed by atoms with E-state index in [2.05, 4.69) is 25.9 Å². The zero-order valence-electron chi connectivity index (χ0n) is 18.7. The third kappa shape index (κ3) is 3.62. The van der Waals surface area contributed by atoms with Crippen LogP contribution in [0, 0.1) is 52.8 Å². The Labute approximate surface area is 177 Å². The summed E-state index contributed by atoms with van der Waals surface area (Å²) in [5, 5.41) is 5.07. The lowest BCUT2D eigenvalue weighted by molar-refractivity contribution is -0.132. The maximum absolute atomic E-state index is 13.2. The number of Topliss-reactive ketones (excluding diaryl/α,β-unsaturated/α-hetero) is 1. The molecule has 4 aliphatic rings. The van der Waals surface area contributed by atoms with Crippen molar-refractivity contribution in [2.45, 2.75) is 78.6 Å². The molecule has 0 spiro atoms. The van der Waals surface area contributed by atoms with Crippen molar-refractivity contribution < 1.29 is 4.79 Å². The molecular weight excluding hydrogens is 360 g/mol. The minimum atomic E-state index is 0.126. The van der Waals surface area contributed by atoms with E-state index < -0.39 is 0 Å². The zero-order chi connectivity index (χ0) is 20.8. The lowest BCUT2D eigenvalue weighted by Gasteiger charge is -2.57. The van der Waals surface area contributed by atoms with Gasteiger partial charge in [0.15, 0.2) is 5.78 Å². The lowest BCUT2D eigenvalue weighted by Crippen LogP contribution is -2.51. The van der Waals surface area contributed by atoms with Crippen LogP contribution >= 0.6 is 0 Å². The molecule has 0 bridgehead atoms. The summed E-state index contributed by atoms with van der Waals surface area (Å²) in [6.07, 6.45) is 13.1. The van der Waals surface area contributed by atoms with Crippen molar-refractivity contribution >= 4 is 12.1 Å². The van der Waals surface area contributed by atoms with E-state index in [1.807, 2.05) is 0 Å². The van der Waals surface area contributed by atoms with Gasteiger partial charge in [0, 0.05) is 5.92 Å². The second kappa shape index (κ2) is 8.20. The van der Waals surface area contributed by atoms with Gasteiger partial charge in [0.05, 0.1) is 0 Å². The van der Waals surface area contributed by atoms with E-state index in [-0.39, 0.29) is 23.7 Å². The summed E-state index contributed by atoms with van der Waals surface area (Å²) in [4.78, 5) is 13.2. The summed E-state index contributed by atoms with van der Waals surface area (Å²) in [7, 11) is 0. The molecule has 4 rings (SSSR count). The summed E-state index contributed by atoms with van der Waals surface area (Å²) in [5.74, 6) is 12.3. The van der Waals surface area contributed by atoms with Crippen molar-refractivity contribution in [3.63, 3.8) is 0 Å². The molecule has 4 fully saturated rings. The molecule has 0 aromatic heterocycles. The SMILES string of the molecule is CCC1CC(C(=O)CN(N)/N=C\N)C2(C)CCC3C4CCC(C)CC4CCC3C12. The highest BCUT2D eigenvalue weighted by atomic mass is 16.1. The molecule has 0 saturated heterocycles. The molecule has 4 aliphatic carbocycles. The lowest BCUT2D eigenvalue weighted by atomic mass is 9.48. The van der Waals surface area contributed by atoms with E-state index in [0.29, 0.717) is 11.8 Å². The number of fused-ring (bicyclic) bond motifs is 5. The minimum Gasteiger partial charge on any atom is -0.388 e. The smallest absolute Gasteiger partial charge is 0.159 e. The van der Waals surface area contributed by atoms with Gasteiger partial charge >= 0.3 is 0 Å². The first kappa shape index (κ1) is 21.1. The van der Waals surface area contributed by atoms with Crippen molar-refractivity contribution in [2.24, 2.45) is 69.4 Å². The van der Waals surface area contributed by atoms with Crippen LogP contribution in [0.3, 0.4) is 0 Å². The van der Waals surface area contributed by atoms with Gasteiger partial charge in [-0.3, -0.25) is 4.79 Å². The summed E-state index contributed by atoms with van der Waals surface area (Å²) in [6, 6.07) is 0. The molecule has 0 radical (unpaired) electrons. The highest BCUT2D eigenvalue weighted by molar-refractivity contribution is 5.84. The second-order valence-electron chi connectivity index (χ2n) is 11.1. The van der Waals surface area contributed by atoms with E-state index in [4.69, 9.17) is 11.6 Å². The number of hydrazine groups is 1. The average molecular weight is 403 g/mol. The number of nitrogens with two attached hydrogens (primary N) is 2. The molecule has 0 heterocycles. The van der Waals surface area contributed by atoms with Gasteiger partial charge in [-0.25, -0.2) is 11.0 Å². The Kier molecular flexibility index (Phi) is 5.98. The highest BCUT2D eigenvalue weighted by Crippen LogP contribution is 2.66. The predicted octanol–water partition coefficient (Wildman–Crippen LogP) is 4.17.